The molecule has 1 aliphatic heterocycles. The van der Waals surface area contributed by atoms with Crippen LogP contribution in [0.1, 0.15) is 158 Å². The Morgan fingerprint density at radius 2 is 0.387 bits per heavy atom. The summed E-state index contributed by atoms with van der Waals surface area (Å²) in [6, 6.07) is 61.6. The van der Waals surface area contributed by atoms with Gasteiger partial charge in [-0.15, -0.1) is 0 Å². The van der Waals surface area contributed by atoms with Crippen LogP contribution in [0.3, 0.4) is 0 Å². The van der Waals surface area contributed by atoms with Gasteiger partial charge in [0.15, 0.2) is 0 Å². The van der Waals surface area contributed by atoms with Gasteiger partial charge in [-0.1, -0.05) is 233 Å². The molecule has 0 bridgehead atoms. The Labute approximate surface area is 467 Å². The standard InChI is InChI=1S/C36H42S3.C33H45N3/c1-34(2,3)25-10-16-28(17-11-25)37-31-22-32(38-29-18-12-26(13-19-29)35(4,5)6)24-33(23-31)39-30-20-14-27(15-21-30)36(7,8)9;1-31(2,3)25-10-16-28(17-11-25)34-22-35(29-18-12-26(13-19-29)32(4,5)6)24-36(23-34)30-20-14-27(15-21-30)33(7,8)9/h10-24H,1-9H3;10-21H,22-24H2,1-9H3. The molecule has 75 heavy (non-hydrogen) atoms. The summed E-state index contributed by atoms with van der Waals surface area (Å²) >= 11 is 5.52. The lowest BCUT2D eigenvalue weighted by atomic mass is 9.87. The van der Waals surface area contributed by atoms with E-state index in [-0.39, 0.29) is 32.5 Å². The summed E-state index contributed by atoms with van der Waals surface area (Å²) in [6.07, 6.45) is 0. The van der Waals surface area contributed by atoms with Gasteiger partial charge in [0.1, 0.15) is 0 Å². The highest BCUT2D eigenvalue weighted by Gasteiger charge is 2.27. The first kappa shape index (κ1) is 57.7. The van der Waals surface area contributed by atoms with E-state index in [1.807, 2.05) is 35.3 Å². The van der Waals surface area contributed by atoms with E-state index < -0.39 is 0 Å². The lowest BCUT2D eigenvalue weighted by Gasteiger charge is -2.45. The molecular formula is C69H87N3S3. The third-order valence-corrected chi connectivity index (χ3v) is 17.0. The molecule has 1 saturated heterocycles. The van der Waals surface area contributed by atoms with E-state index in [2.05, 4.69) is 303 Å². The Morgan fingerprint density at radius 3 is 0.547 bits per heavy atom. The average Bonchev–Trinajstić information content (AvgIpc) is 3.33. The van der Waals surface area contributed by atoms with Crippen LogP contribution in [0.5, 0.6) is 0 Å². The quantitative estimate of drug-likeness (QED) is 0.142. The first-order valence-corrected chi connectivity index (χ1v) is 29.4. The Hall–Kier alpha value is -5.01. The molecule has 8 rings (SSSR count). The summed E-state index contributed by atoms with van der Waals surface area (Å²) in [7, 11) is 0. The van der Waals surface area contributed by atoms with E-state index in [1.165, 1.54) is 79.8 Å². The van der Waals surface area contributed by atoms with Gasteiger partial charge < -0.3 is 14.7 Å². The molecule has 0 spiro atoms. The fourth-order valence-electron chi connectivity index (χ4n) is 8.96. The second-order valence-electron chi connectivity index (χ2n) is 26.7. The van der Waals surface area contributed by atoms with Gasteiger partial charge in [-0.25, -0.2) is 0 Å². The van der Waals surface area contributed by atoms with Crippen LogP contribution in [0.25, 0.3) is 0 Å². The van der Waals surface area contributed by atoms with Gasteiger partial charge in [0.2, 0.25) is 0 Å². The monoisotopic (exact) mass is 1050 g/mol. The molecule has 0 N–H and O–H groups in total. The van der Waals surface area contributed by atoms with E-state index in [1.54, 1.807) is 0 Å². The lowest BCUT2D eigenvalue weighted by molar-refractivity contribution is 0.586. The molecule has 0 saturated carbocycles. The zero-order valence-electron chi connectivity index (χ0n) is 48.8. The fraction of sp³-hybridized carbons (Fsp3) is 0.391. The van der Waals surface area contributed by atoms with Crippen LogP contribution in [0.4, 0.5) is 17.1 Å². The predicted octanol–water partition coefficient (Wildman–Crippen LogP) is 20.3. The molecule has 7 aromatic carbocycles. The van der Waals surface area contributed by atoms with E-state index in [9.17, 15) is 0 Å². The number of hydrogen-bond acceptors (Lipinski definition) is 6. The van der Waals surface area contributed by atoms with Crippen molar-refractivity contribution in [3.05, 3.63) is 197 Å². The normalized spacial score (nSPS) is 13.9. The smallest absolute Gasteiger partial charge is 0.0937 e. The number of anilines is 3. The van der Waals surface area contributed by atoms with Crippen molar-refractivity contribution in [2.45, 2.75) is 186 Å². The van der Waals surface area contributed by atoms with Gasteiger partial charge >= 0.3 is 0 Å². The van der Waals surface area contributed by atoms with Crippen molar-refractivity contribution >= 4 is 52.3 Å². The van der Waals surface area contributed by atoms with Crippen LogP contribution >= 0.6 is 35.3 Å². The van der Waals surface area contributed by atoms with Crippen molar-refractivity contribution in [3.8, 4) is 0 Å². The summed E-state index contributed by atoms with van der Waals surface area (Å²) in [5.41, 5.74) is 12.9. The van der Waals surface area contributed by atoms with Gasteiger partial charge in [0.25, 0.3) is 0 Å². The Bertz CT molecular complexity index is 2590. The van der Waals surface area contributed by atoms with Crippen LogP contribution in [0, 0.1) is 0 Å². The van der Waals surface area contributed by atoms with Crippen molar-refractivity contribution < 1.29 is 0 Å². The Kier molecular flexibility index (Phi) is 17.6. The SMILES string of the molecule is CC(C)(C)c1ccc(N2CN(c3ccc(C(C)(C)C)cc3)CN(c3ccc(C(C)(C)C)cc3)C2)cc1.CC(C)(C)c1ccc(Sc2cc(Sc3ccc(C(C)(C)C)cc3)cc(Sc3ccc(C(C)(C)C)cc3)c2)cc1. The molecule has 0 amide bonds. The summed E-state index contributed by atoms with van der Waals surface area (Å²) in [5, 5.41) is 0. The fourth-order valence-corrected chi connectivity index (χ4v) is 11.9. The molecule has 0 aromatic heterocycles. The third kappa shape index (κ3) is 16.0. The number of benzene rings is 7. The number of nitrogens with zero attached hydrogens (tertiary/aromatic N) is 3. The van der Waals surface area contributed by atoms with Crippen LogP contribution in [0.15, 0.2) is 193 Å². The maximum atomic E-state index is 2.48. The molecular weight excluding hydrogens is 967 g/mol. The van der Waals surface area contributed by atoms with E-state index >= 15 is 0 Å². The summed E-state index contributed by atoms with van der Waals surface area (Å²) in [4.78, 5) is 15.0. The largest absolute Gasteiger partial charge is 0.336 e. The molecule has 396 valence electrons. The minimum atomic E-state index is 0.155. The van der Waals surface area contributed by atoms with Gasteiger partial charge in [0, 0.05) is 46.4 Å². The predicted molar refractivity (Wildman–Crippen MR) is 332 cm³/mol. The van der Waals surface area contributed by atoms with Gasteiger partial charge in [-0.05, 0) is 157 Å². The average molecular weight is 1050 g/mol. The van der Waals surface area contributed by atoms with E-state index in [0.717, 1.165) is 20.0 Å². The minimum absolute atomic E-state index is 0.155. The molecule has 6 heteroatoms. The Morgan fingerprint density at radius 1 is 0.227 bits per heavy atom. The van der Waals surface area contributed by atoms with Crippen molar-refractivity contribution in [3.63, 3.8) is 0 Å². The van der Waals surface area contributed by atoms with Crippen molar-refractivity contribution in [1.29, 1.82) is 0 Å². The zero-order valence-corrected chi connectivity index (χ0v) is 51.2. The highest BCUT2D eigenvalue weighted by molar-refractivity contribution is 8.01. The number of hydrogen-bond donors (Lipinski definition) is 0. The minimum Gasteiger partial charge on any atom is -0.336 e. The van der Waals surface area contributed by atoms with E-state index in [4.69, 9.17) is 0 Å². The summed E-state index contributed by atoms with van der Waals surface area (Å²) < 4.78 is 0. The first-order valence-electron chi connectivity index (χ1n) is 27.0. The third-order valence-electron chi connectivity index (χ3n) is 14.0. The molecule has 0 unspecified atom stereocenters. The highest BCUT2D eigenvalue weighted by atomic mass is 32.2. The second-order valence-corrected chi connectivity index (χ2v) is 30.1. The van der Waals surface area contributed by atoms with Gasteiger partial charge in [-0.3, -0.25) is 0 Å². The molecule has 0 radical (unpaired) electrons. The molecule has 0 aliphatic carbocycles. The van der Waals surface area contributed by atoms with Crippen molar-refractivity contribution in [1.82, 2.24) is 0 Å². The van der Waals surface area contributed by atoms with Crippen LogP contribution in [-0.4, -0.2) is 20.0 Å². The number of rotatable bonds is 9. The van der Waals surface area contributed by atoms with Gasteiger partial charge in [-0.2, -0.15) is 0 Å². The summed E-state index contributed by atoms with van der Waals surface area (Å²) in [5.74, 6) is 0. The highest BCUT2D eigenvalue weighted by Crippen LogP contribution is 2.41. The molecule has 7 aromatic rings. The second kappa shape index (κ2) is 22.9. The molecule has 1 heterocycles. The lowest BCUT2D eigenvalue weighted by Crippen LogP contribution is -2.55. The first-order chi connectivity index (χ1) is 34.9. The molecule has 1 aliphatic rings. The maximum Gasteiger partial charge on any atom is 0.0937 e. The Balaban J connectivity index is 0.000000219. The van der Waals surface area contributed by atoms with Crippen molar-refractivity contribution in [2.75, 3.05) is 34.7 Å². The van der Waals surface area contributed by atoms with Gasteiger partial charge in [0.05, 0.1) is 20.0 Å². The van der Waals surface area contributed by atoms with Crippen LogP contribution in [-0.2, 0) is 32.5 Å². The van der Waals surface area contributed by atoms with E-state index in [0.29, 0.717) is 0 Å². The molecule has 1 fully saturated rings. The topological polar surface area (TPSA) is 9.72 Å². The zero-order chi connectivity index (χ0) is 54.7. The molecule has 3 nitrogen and oxygen atoms in total. The molecule has 0 atom stereocenters. The van der Waals surface area contributed by atoms with Crippen LogP contribution in [0.2, 0.25) is 0 Å². The van der Waals surface area contributed by atoms with Crippen molar-refractivity contribution in [2.24, 2.45) is 0 Å². The van der Waals surface area contributed by atoms with Crippen LogP contribution < -0.4 is 14.7 Å². The maximum absolute atomic E-state index is 2.48. The summed E-state index contributed by atoms with van der Waals surface area (Å²) in [6.45, 7) is 43.4.